The van der Waals surface area contributed by atoms with Gasteiger partial charge in [-0.25, -0.2) is 0 Å². The van der Waals surface area contributed by atoms with E-state index in [-0.39, 0.29) is 0 Å². The van der Waals surface area contributed by atoms with E-state index in [2.05, 4.69) is 59.1 Å². The van der Waals surface area contributed by atoms with Crippen LogP contribution >= 0.6 is 15.9 Å². The number of pyridine rings is 1. The van der Waals surface area contributed by atoms with Crippen molar-refractivity contribution in [3.8, 4) is 0 Å². The summed E-state index contributed by atoms with van der Waals surface area (Å²) < 4.78 is 1.05. The summed E-state index contributed by atoms with van der Waals surface area (Å²) in [5.41, 5.74) is 1.64. The number of nitrogens with zero attached hydrogens (tertiary/aromatic N) is 1. The second-order valence-electron chi connectivity index (χ2n) is 6.68. The molecule has 1 fully saturated rings. The van der Waals surface area contributed by atoms with Crippen molar-refractivity contribution in [2.45, 2.75) is 58.9 Å². The van der Waals surface area contributed by atoms with Crippen LogP contribution in [0.15, 0.2) is 22.8 Å². The molecule has 0 aliphatic heterocycles. The van der Waals surface area contributed by atoms with Gasteiger partial charge in [0.15, 0.2) is 0 Å². The molecule has 1 aliphatic carbocycles. The van der Waals surface area contributed by atoms with Gasteiger partial charge in [0.2, 0.25) is 0 Å². The Kier molecular flexibility index (Phi) is 5.62. The second kappa shape index (κ2) is 7.04. The Balaban J connectivity index is 2.11. The Morgan fingerprint density at radius 1 is 1.40 bits per heavy atom. The third-order valence-corrected chi connectivity index (χ3v) is 5.23. The van der Waals surface area contributed by atoms with Gasteiger partial charge in [0, 0.05) is 28.8 Å². The lowest BCUT2D eigenvalue weighted by molar-refractivity contribution is 0.0984. The maximum absolute atomic E-state index is 4.56. The topological polar surface area (TPSA) is 24.9 Å². The van der Waals surface area contributed by atoms with E-state index < -0.39 is 0 Å². The van der Waals surface area contributed by atoms with Crippen LogP contribution in [0.5, 0.6) is 0 Å². The minimum absolute atomic E-state index is 0.445. The number of nitrogens with one attached hydrogen (secondary N) is 1. The smallest absolute Gasteiger partial charge is 0.0420 e. The number of halogens is 1. The Labute approximate surface area is 131 Å². The molecule has 1 aliphatic rings. The normalized spacial score (nSPS) is 23.5. The maximum Gasteiger partial charge on any atom is 0.0420 e. The molecule has 0 aromatic carbocycles. The van der Waals surface area contributed by atoms with Crippen molar-refractivity contribution >= 4 is 15.9 Å². The van der Waals surface area contributed by atoms with Gasteiger partial charge < -0.3 is 5.32 Å². The van der Waals surface area contributed by atoms with E-state index in [0.717, 1.165) is 23.4 Å². The van der Waals surface area contributed by atoms with Gasteiger partial charge in [-0.2, -0.15) is 0 Å². The Bertz CT molecular complexity index is 414. The molecule has 1 N–H and O–H groups in total. The van der Waals surface area contributed by atoms with E-state index in [1.54, 1.807) is 0 Å². The molecular formula is C17H27BrN2. The lowest BCUT2D eigenvalue weighted by Crippen LogP contribution is -2.46. The van der Waals surface area contributed by atoms with Gasteiger partial charge in [-0.05, 0) is 58.8 Å². The van der Waals surface area contributed by atoms with Crippen molar-refractivity contribution in [1.82, 2.24) is 10.3 Å². The van der Waals surface area contributed by atoms with Crippen LogP contribution in [0.3, 0.4) is 0 Å². The predicted octanol–water partition coefficient (Wildman–Crippen LogP) is 4.58. The van der Waals surface area contributed by atoms with E-state index in [1.165, 1.54) is 31.4 Å². The van der Waals surface area contributed by atoms with Crippen LogP contribution in [-0.2, 0) is 6.42 Å². The molecule has 2 atom stereocenters. The number of likely N-dealkylation sites (N-methyl/N-ethyl adjacent to an activating group) is 1. The van der Waals surface area contributed by atoms with Crippen LogP contribution in [0.25, 0.3) is 0 Å². The number of aromatic nitrogens is 1. The van der Waals surface area contributed by atoms with Gasteiger partial charge in [-0.15, -0.1) is 0 Å². The van der Waals surface area contributed by atoms with Crippen molar-refractivity contribution in [1.29, 1.82) is 0 Å². The van der Waals surface area contributed by atoms with E-state index >= 15 is 0 Å². The van der Waals surface area contributed by atoms with Crippen LogP contribution in [0.4, 0.5) is 0 Å². The number of hydrogen-bond acceptors (Lipinski definition) is 2. The molecule has 1 aromatic rings. The highest BCUT2D eigenvalue weighted by atomic mass is 79.9. The SMILES string of the molecule is CCNC(Cc1ccc(Br)cn1)C1CCCCC1(C)C. The van der Waals surface area contributed by atoms with Crippen molar-refractivity contribution in [3.05, 3.63) is 28.5 Å². The van der Waals surface area contributed by atoms with Crippen LogP contribution in [0, 0.1) is 11.3 Å². The summed E-state index contributed by atoms with van der Waals surface area (Å²) in [4.78, 5) is 4.56. The molecule has 0 bridgehead atoms. The summed E-state index contributed by atoms with van der Waals surface area (Å²) in [5, 5.41) is 3.72. The molecule has 2 unspecified atom stereocenters. The fraction of sp³-hybridized carbons (Fsp3) is 0.706. The van der Waals surface area contributed by atoms with E-state index in [1.807, 2.05) is 6.20 Å². The summed E-state index contributed by atoms with van der Waals surface area (Å²) in [6.07, 6.45) is 8.41. The molecule has 2 nitrogen and oxygen atoms in total. The van der Waals surface area contributed by atoms with E-state index in [4.69, 9.17) is 0 Å². The van der Waals surface area contributed by atoms with Gasteiger partial charge in [-0.3, -0.25) is 4.98 Å². The fourth-order valence-electron chi connectivity index (χ4n) is 3.64. The van der Waals surface area contributed by atoms with Gasteiger partial charge in [0.1, 0.15) is 0 Å². The summed E-state index contributed by atoms with van der Waals surface area (Å²) in [7, 11) is 0. The quantitative estimate of drug-likeness (QED) is 0.849. The van der Waals surface area contributed by atoms with Crippen LogP contribution in [0.2, 0.25) is 0 Å². The molecule has 1 saturated carbocycles. The van der Waals surface area contributed by atoms with Crippen molar-refractivity contribution < 1.29 is 0 Å². The standard InChI is InChI=1S/C17H27BrN2/c1-4-19-16(11-14-9-8-13(18)12-20-14)15-7-5-6-10-17(15,2)3/h8-9,12,15-16,19H,4-7,10-11H2,1-3H3. The second-order valence-corrected chi connectivity index (χ2v) is 7.59. The highest BCUT2D eigenvalue weighted by molar-refractivity contribution is 9.10. The van der Waals surface area contributed by atoms with Crippen LogP contribution in [0.1, 0.15) is 52.1 Å². The predicted molar refractivity (Wildman–Crippen MR) is 88.8 cm³/mol. The monoisotopic (exact) mass is 338 g/mol. The highest BCUT2D eigenvalue weighted by Crippen LogP contribution is 2.42. The molecule has 1 aromatic heterocycles. The van der Waals surface area contributed by atoms with Crippen LogP contribution in [-0.4, -0.2) is 17.6 Å². The average molecular weight is 339 g/mol. The highest BCUT2D eigenvalue weighted by Gasteiger charge is 2.37. The molecule has 0 saturated heterocycles. The molecule has 112 valence electrons. The maximum atomic E-state index is 4.56. The van der Waals surface area contributed by atoms with Gasteiger partial charge in [0.25, 0.3) is 0 Å². The number of hydrogen-bond donors (Lipinski definition) is 1. The molecule has 3 heteroatoms. The zero-order valence-corrected chi connectivity index (χ0v) is 14.5. The molecule has 0 amide bonds. The van der Waals surface area contributed by atoms with Crippen molar-refractivity contribution in [2.24, 2.45) is 11.3 Å². The van der Waals surface area contributed by atoms with E-state index in [0.29, 0.717) is 11.5 Å². The summed E-state index contributed by atoms with van der Waals surface area (Å²) >= 11 is 3.46. The fourth-order valence-corrected chi connectivity index (χ4v) is 3.87. The molecule has 1 heterocycles. The van der Waals surface area contributed by atoms with Crippen molar-refractivity contribution in [2.75, 3.05) is 6.54 Å². The Morgan fingerprint density at radius 3 is 2.80 bits per heavy atom. The lowest BCUT2D eigenvalue weighted by Gasteiger charge is -2.43. The molecule has 0 spiro atoms. The summed E-state index contributed by atoms with van der Waals surface area (Å²) in [5.74, 6) is 0.752. The largest absolute Gasteiger partial charge is 0.314 e. The van der Waals surface area contributed by atoms with E-state index in [9.17, 15) is 0 Å². The third-order valence-electron chi connectivity index (χ3n) is 4.76. The first-order chi connectivity index (χ1) is 9.53. The van der Waals surface area contributed by atoms with Gasteiger partial charge in [-0.1, -0.05) is 33.6 Å². The first-order valence-electron chi connectivity index (χ1n) is 7.87. The minimum atomic E-state index is 0.445. The Morgan fingerprint density at radius 2 is 2.20 bits per heavy atom. The summed E-state index contributed by atoms with van der Waals surface area (Å²) in [6, 6.07) is 4.78. The minimum Gasteiger partial charge on any atom is -0.314 e. The molecule has 20 heavy (non-hydrogen) atoms. The zero-order chi connectivity index (χ0) is 14.6. The number of rotatable bonds is 5. The zero-order valence-electron chi connectivity index (χ0n) is 13.0. The summed E-state index contributed by atoms with van der Waals surface area (Å²) in [6.45, 7) is 8.12. The first-order valence-corrected chi connectivity index (χ1v) is 8.66. The molecule has 2 rings (SSSR count). The molecular weight excluding hydrogens is 312 g/mol. The van der Waals surface area contributed by atoms with Crippen LogP contribution < -0.4 is 5.32 Å². The Hall–Kier alpha value is -0.410. The van der Waals surface area contributed by atoms with Gasteiger partial charge >= 0.3 is 0 Å². The van der Waals surface area contributed by atoms with Crippen molar-refractivity contribution in [3.63, 3.8) is 0 Å². The average Bonchev–Trinajstić information content (AvgIpc) is 2.40. The van der Waals surface area contributed by atoms with Gasteiger partial charge in [0.05, 0.1) is 0 Å². The molecule has 0 radical (unpaired) electrons. The third kappa shape index (κ3) is 4.05. The first kappa shape index (κ1) is 16.0. The lowest BCUT2D eigenvalue weighted by atomic mass is 9.65.